The molecule has 4 rings (SSSR count). The predicted octanol–water partition coefficient (Wildman–Crippen LogP) is 4.00. The Balaban J connectivity index is 1.24. The second-order valence-corrected chi connectivity index (χ2v) is 9.49. The lowest BCUT2D eigenvalue weighted by Crippen LogP contribution is -2.39. The van der Waals surface area contributed by atoms with E-state index in [0.29, 0.717) is 36.8 Å². The predicted molar refractivity (Wildman–Crippen MR) is 131 cm³/mol. The lowest BCUT2D eigenvalue weighted by Gasteiger charge is -2.31. The van der Waals surface area contributed by atoms with Crippen LogP contribution in [0.5, 0.6) is 0 Å². The molecule has 1 fully saturated rings. The smallest absolute Gasteiger partial charge is 0.286 e. The van der Waals surface area contributed by atoms with E-state index in [0.717, 1.165) is 29.7 Å². The van der Waals surface area contributed by atoms with E-state index >= 15 is 0 Å². The highest BCUT2D eigenvalue weighted by molar-refractivity contribution is 7.15. The molecule has 2 aromatic carbocycles. The molecule has 0 spiro atoms. The first-order valence-electron chi connectivity index (χ1n) is 11.0. The Morgan fingerprint density at radius 1 is 1.00 bits per heavy atom. The highest BCUT2D eigenvalue weighted by atomic mass is 35.5. The summed E-state index contributed by atoms with van der Waals surface area (Å²) in [4.78, 5) is 39.2. The molecule has 8 nitrogen and oxygen atoms in total. The maximum atomic E-state index is 12.8. The Labute approximate surface area is 206 Å². The molecular weight excluding hydrogens is 474 g/mol. The maximum absolute atomic E-state index is 12.8. The molecule has 0 unspecified atom stereocenters. The Kier molecular flexibility index (Phi) is 7.87. The first-order valence-corrected chi connectivity index (χ1v) is 12.2. The molecule has 1 aliphatic rings. The molecule has 34 heavy (non-hydrogen) atoms. The van der Waals surface area contributed by atoms with Gasteiger partial charge in [0.15, 0.2) is 0 Å². The molecule has 1 saturated heterocycles. The minimum absolute atomic E-state index is 0.0214. The van der Waals surface area contributed by atoms with Crippen LogP contribution in [-0.2, 0) is 11.3 Å². The van der Waals surface area contributed by atoms with Gasteiger partial charge in [-0.05, 0) is 42.5 Å². The van der Waals surface area contributed by atoms with E-state index in [4.69, 9.17) is 11.6 Å². The van der Waals surface area contributed by atoms with Crippen molar-refractivity contribution in [1.29, 1.82) is 0 Å². The van der Waals surface area contributed by atoms with Crippen molar-refractivity contribution in [2.24, 2.45) is 5.92 Å². The summed E-state index contributed by atoms with van der Waals surface area (Å²) in [5, 5.41) is 14.2. The Morgan fingerprint density at radius 3 is 2.47 bits per heavy atom. The zero-order valence-electron chi connectivity index (χ0n) is 18.4. The molecule has 0 bridgehead atoms. The van der Waals surface area contributed by atoms with Gasteiger partial charge in [0.1, 0.15) is 0 Å². The van der Waals surface area contributed by atoms with Crippen LogP contribution in [0, 0.1) is 5.92 Å². The van der Waals surface area contributed by atoms with Crippen molar-refractivity contribution < 1.29 is 14.4 Å². The van der Waals surface area contributed by atoms with Crippen LogP contribution in [0.2, 0.25) is 5.02 Å². The molecule has 0 atom stereocenters. The van der Waals surface area contributed by atoms with Crippen molar-refractivity contribution in [2.75, 3.05) is 18.4 Å². The van der Waals surface area contributed by atoms with Crippen LogP contribution < -0.4 is 10.6 Å². The number of piperidine rings is 1. The molecule has 1 aromatic heterocycles. The fourth-order valence-electron chi connectivity index (χ4n) is 3.76. The number of anilines is 1. The zero-order valence-corrected chi connectivity index (χ0v) is 19.9. The molecule has 3 aromatic rings. The summed E-state index contributed by atoms with van der Waals surface area (Å²) in [6, 6.07) is 16.6. The van der Waals surface area contributed by atoms with Crippen LogP contribution in [0.15, 0.2) is 54.6 Å². The lowest BCUT2D eigenvalue weighted by atomic mass is 9.93. The van der Waals surface area contributed by atoms with Crippen molar-refractivity contribution in [1.82, 2.24) is 20.4 Å². The number of hydrogen-bond donors (Lipinski definition) is 2. The van der Waals surface area contributed by atoms with Gasteiger partial charge in [-0.3, -0.25) is 14.4 Å². The SMILES string of the molecule is O=C(CC1CCN(C(=O)c2nnc(C(=O)Nc3cccc(Cl)c3)s2)CC1)NCc1ccccc1. The molecule has 176 valence electrons. The van der Waals surface area contributed by atoms with Gasteiger partial charge in [0.2, 0.25) is 15.9 Å². The van der Waals surface area contributed by atoms with Crippen LogP contribution in [-0.4, -0.2) is 45.9 Å². The summed E-state index contributed by atoms with van der Waals surface area (Å²) in [6.45, 7) is 1.60. The van der Waals surface area contributed by atoms with E-state index in [-0.39, 0.29) is 27.7 Å². The van der Waals surface area contributed by atoms with Crippen molar-refractivity contribution in [2.45, 2.75) is 25.8 Å². The number of carbonyl (C=O) groups excluding carboxylic acids is 3. The third kappa shape index (κ3) is 6.39. The monoisotopic (exact) mass is 497 g/mol. The van der Waals surface area contributed by atoms with Gasteiger partial charge in [0.05, 0.1) is 0 Å². The molecule has 0 saturated carbocycles. The van der Waals surface area contributed by atoms with Crippen molar-refractivity contribution in [3.05, 3.63) is 75.2 Å². The topological polar surface area (TPSA) is 104 Å². The number of likely N-dealkylation sites (tertiary alicyclic amines) is 1. The fourth-order valence-corrected chi connectivity index (χ4v) is 4.66. The average Bonchev–Trinajstić information content (AvgIpc) is 3.34. The number of nitrogens with one attached hydrogen (secondary N) is 2. The van der Waals surface area contributed by atoms with Crippen LogP contribution in [0.4, 0.5) is 5.69 Å². The minimum Gasteiger partial charge on any atom is -0.352 e. The minimum atomic E-state index is -0.445. The molecular formula is C24H24ClN5O3S. The number of benzene rings is 2. The van der Waals surface area contributed by atoms with Crippen LogP contribution >= 0.6 is 22.9 Å². The van der Waals surface area contributed by atoms with Crippen molar-refractivity contribution in [3.8, 4) is 0 Å². The Hall–Kier alpha value is -3.30. The number of amides is 3. The van der Waals surface area contributed by atoms with Crippen LogP contribution in [0.1, 0.15) is 44.4 Å². The Morgan fingerprint density at radius 2 is 1.74 bits per heavy atom. The zero-order chi connectivity index (χ0) is 23.9. The third-order valence-electron chi connectivity index (χ3n) is 5.59. The number of hydrogen-bond acceptors (Lipinski definition) is 6. The first kappa shape index (κ1) is 23.8. The summed E-state index contributed by atoms with van der Waals surface area (Å²) < 4.78 is 0. The largest absolute Gasteiger partial charge is 0.352 e. The van der Waals surface area contributed by atoms with E-state index in [9.17, 15) is 14.4 Å². The highest BCUT2D eigenvalue weighted by Crippen LogP contribution is 2.23. The Bertz CT molecular complexity index is 1160. The molecule has 0 aliphatic carbocycles. The summed E-state index contributed by atoms with van der Waals surface area (Å²) in [6.07, 6.45) is 1.93. The molecule has 3 amide bonds. The van der Waals surface area contributed by atoms with E-state index in [1.165, 1.54) is 0 Å². The van der Waals surface area contributed by atoms with Crippen LogP contribution in [0.25, 0.3) is 0 Å². The van der Waals surface area contributed by atoms with E-state index in [1.54, 1.807) is 29.2 Å². The quantitative estimate of drug-likeness (QED) is 0.513. The molecule has 2 heterocycles. The highest BCUT2D eigenvalue weighted by Gasteiger charge is 2.28. The van der Waals surface area contributed by atoms with Gasteiger partial charge in [0, 0.05) is 36.8 Å². The second-order valence-electron chi connectivity index (χ2n) is 8.08. The van der Waals surface area contributed by atoms with Crippen LogP contribution in [0.3, 0.4) is 0 Å². The average molecular weight is 498 g/mol. The van der Waals surface area contributed by atoms with Crippen molar-refractivity contribution >= 4 is 46.3 Å². The number of nitrogens with zero attached hydrogens (tertiary/aromatic N) is 3. The standard InChI is InChI=1S/C24H24ClN5O3S/c25-18-7-4-8-19(14-18)27-21(32)22-28-29-23(34-22)24(33)30-11-9-16(10-12-30)13-20(31)26-15-17-5-2-1-3-6-17/h1-8,14,16H,9-13,15H2,(H,26,31)(H,27,32). The van der Waals surface area contributed by atoms with Crippen molar-refractivity contribution in [3.63, 3.8) is 0 Å². The van der Waals surface area contributed by atoms with E-state index in [1.807, 2.05) is 30.3 Å². The number of halogens is 1. The normalized spacial score (nSPS) is 14.0. The summed E-state index contributed by atoms with van der Waals surface area (Å²) >= 11 is 6.90. The van der Waals surface area contributed by atoms with E-state index in [2.05, 4.69) is 20.8 Å². The van der Waals surface area contributed by atoms with Gasteiger partial charge in [0.25, 0.3) is 11.8 Å². The van der Waals surface area contributed by atoms with Gasteiger partial charge in [-0.15, -0.1) is 10.2 Å². The van der Waals surface area contributed by atoms with Gasteiger partial charge in [-0.25, -0.2) is 0 Å². The molecule has 1 aliphatic heterocycles. The second kappa shape index (κ2) is 11.2. The number of rotatable bonds is 7. The fraction of sp³-hybridized carbons (Fsp3) is 0.292. The van der Waals surface area contributed by atoms with Gasteiger partial charge in [-0.1, -0.05) is 59.3 Å². The number of carbonyl (C=O) groups is 3. The molecule has 10 heteroatoms. The number of aromatic nitrogens is 2. The third-order valence-corrected chi connectivity index (χ3v) is 6.74. The molecule has 0 radical (unpaired) electrons. The summed E-state index contributed by atoms with van der Waals surface area (Å²) in [7, 11) is 0. The molecule has 2 N–H and O–H groups in total. The van der Waals surface area contributed by atoms with Gasteiger partial charge in [-0.2, -0.15) is 0 Å². The summed E-state index contributed by atoms with van der Waals surface area (Å²) in [5.41, 5.74) is 1.60. The first-order chi connectivity index (χ1) is 16.5. The van der Waals surface area contributed by atoms with Gasteiger partial charge >= 0.3 is 0 Å². The van der Waals surface area contributed by atoms with E-state index < -0.39 is 5.91 Å². The van der Waals surface area contributed by atoms with Gasteiger partial charge < -0.3 is 15.5 Å². The lowest BCUT2D eigenvalue weighted by molar-refractivity contribution is -0.122. The summed E-state index contributed by atoms with van der Waals surface area (Å²) in [5.74, 6) is -0.438. The maximum Gasteiger partial charge on any atom is 0.286 e.